The molecular weight excluding hydrogens is 282 g/mol. The quantitative estimate of drug-likeness (QED) is 0.871. The van der Waals surface area contributed by atoms with Crippen LogP contribution in [-0.4, -0.2) is 28.5 Å². The van der Waals surface area contributed by atoms with E-state index >= 15 is 0 Å². The van der Waals surface area contributed by atoms with Gasteiger partial charge < -0.3 is 9.30 Å². The van der Waals surface area contributed by atoms with E-state index in [0.717, 1.165) is 22.4 Å². The number of hydrogen-bond donors (Lipinski definition) is 0. The molecule has 0 saturated heterocycles. The van der Waals surface area contributed by atoms with E-state index in [1.807, 2.05) is 16.7 Å². The van der Waals surface area contributed by atoms with Gasteiger partial charge in [0.05, 0.1) is 6.61 Å². The van der Waals surface area contributed by atoms with Crippen molar-refractivity contribution >= 4 is 15.9 Å². The van der Waals surface area contributed by atoms with E-state index in [0.29, 0.717) is 6.61 Å². The normalized spacial score (nSPS) is 10.8. The average Bonchev–Trinajstić information content (AvgIpc) is 2.74. The van der Waals surface area contributed by atoms with Gasteiger partial charge >= 0.3 is 0 Å². The molecule has 0 atom stereocenters. The van der Waals surface area contributed by atoms with Crippen molar-refractivity contribution in [3.63, 3.8) is 0 Å². The zero-order valence-electron chi connectivity index (χ0n) is 9.85. The largest absolute Gasteiger partial charge is 0.383 e. The summed E-state index contributed by atoms with van der Waals surface area (Å²) >= 11 is 3.46. The van der Waals surface area contributed by atoms with Crippen LogP contribution in [0.15, 0.2) is 29.0 Å². The summed E-state index contributed by atoms with van der Waals surface area (Å²) in [5, 5.41) is 8.13. The fourth-order valence-electron chi connectivity index (χ4n) is 1.69. The topological polar surface area (TPSA) is 39.9 Å². The van der Waals surface area contributed by atoms with Gasteiger partial charge in [0.1, 0.15) is 6.33 Å². The second-order valence-corrected chi connectivity index (χ2v) is 4.72. The molecular formula is C12H14BrN3O. The molecule has 1 aromatic carbocycles. The second kappa shape index (κ2) is 5.42. The van der Waals surface area contributed by atoms with Crippen molar-refractivity contribution in [3.05, 3.63) is 34.6 Å². The van der Waals surface area contributed by atoms with Crippen molar-refractivity contribution in [1.82, 2.24) is 14.8 Å². The molecule has 0 amide bonds. The first-order valence-electron chi connectivity index (χ1n) is 5.35. The molecule has 1 aromatic heterocycles. The molecule has 90 valence electrons. The minimum atomic E-state index is 0.653. The molecule has 0 aliphatic heterocycles. The number of aromatic nitrogens is 3. The lowest BCUT2D eigenvalue weighted by Gasteiger charge is -2.08. The van der Waals surface area contributed by atoms with Crippen molar-refractivity contribution in [2.45, 2.75) is 13.5 Å². The molecule has 0 aliphatic rings. The summed E-state index contributed by atoms with van der Waals surface area (Å²) in [7, 11) is 1.69. The highest BCUT2D eigenvalue weighted by Gasteiger charge is 2.09. The Kier molecular flexibility index (Phi) is 3.91. The van der Waals surface area contributed by atoms with Crippen LogP contribution in [0.25, 0.3) is 11.4 Å². The number of methoxy groups -OCH3 is 1. The molecule has 2 rings (SSSR count). The van der Waals surface area contributed by atoms with Crippen LogP contribution >= 0.6 is 15.9 Å². The van der Waals surface area contributed by atoms with Gasteiger partial charge in [0.2, 0.25) is 0 Å². The zero-order valence-corrected chi connectivity index (χ0v) is 11.4. The third-order valence-electron chi connectivity index (χ3n) is 2.58. The first-order valence-corrected chi connectivity index (χ1v) is 6.15. The Balaban J connectivity index is 2.35. The smallest absolute Gasteiger partial charge is 0.164 e. The summed E-state index contributed by atoms with van der Waals surface area (Å²) in [6, 6.07) is 6.13. The van der Waals surface area contributed by atoms with Crippen molar-refractivity contribution in [3.8, 4) is 11.4 Å². The molecule has 0 unspecified atom stereocenters. The van der Waals surface area contributed by atoms with E-state index in [1.54, 1.807) is 13.4 Å². The molecule has 0 spiro atoms. The number of halogens is 1. The SMILES string of the molecule is COCCn1cnnc1-c1ccc(Br)cc1C. The molecule has 0 fully saturated rings. The zero-order chi connectivity index (χ0) is 12.3. The van der Waals surface area contributed by atoms with Crippen molar-refractivity contribution < 1.29 is 4.74 Å². The first kappa shape index (κ1) is 12.3. The molecule has 0 radical (unpaired) electrons. The average molecular weight is 296 g/mol. The molecule has 5 heteroatoms. The Morgan fingerprint density at radius 2 is 2.24 bits per heavy atom. The summed E-state index contributed by atoms with van der Waals surface area (Å²) in [4.78, 5) is 0. The Morgan fingerprint density at radius 3 is 2.94 bits per heavy atom. The van der Waals surface area contributed by atoms with Crippen LogP contribution < -0.4 is 0 Å². The summed E-state index contributed by atoms with van der Waals surface area (Å²) in [5.74, 6) is 0.882. The van der Waals surface area contributed by atoms with E-state index in [-0.39, 0.29) is 0 Å². The maximum Gasteiger partial charge on any atom is 0.164 e. The van der Waals surface area contributed by atoms with Crippen LogP contribution in [0, 0.1) is 6.92 Å². The van der Waals surface area contributed by atoms with E-state index in [1.165, 1.54) is 5.56 Å². The second-order valence-electron chi connectivity index (χ2n) is 3.80. The summed E-state index contributed by atoms with van der Waals surface area (Å²) in [6.07, 6.45) is 1.73. The van der Waals surface area contributed by atoms with Gasteiger partial charge in [-0.1, -0.05) is 15.9 Å². The van der Waals surface area contributed by atoms with E-state index < -0.39 is 0 Å². The fourth-order valence-corrected chi connectivity index (χ4v) is 2.17. The molecule has 2 aromatic rings. The van der Waals surface area contributed by atoms with Crippen LogP contribution in [-0.2, 0) is 11.3 Å². The number of rotatable bonds is 4. The molecule has 0 saturated carbocycles. The van der Waals surface area contributed by atoms with Crippen molar-refractivity contribution in [2.75, 3.05) is 13.7 Å². The van der Waals surface area contributed by atoms with Gasteiger partial charge in [-0.15, -0.1) is 10.2 Å². The number of ether oxygens (including phenoxy) is 1. The number of aryl methyl sites for hydroxylation is 1. The third-order valence-corrected chi connectivity index (χ3v) is 3.07. The van der Waals surface area contributed by atoms with Gasteiger partial charge in [-0.25, -0.2) is 0 Å². The standard InChI is InChI=1S/C12H14BrN3O/c1-9-7-10(13)3-4-11(9)12-15-14-8-16(12)5-6-17-2/h3-4,7-8H,5-6H2,1-2H3. The lowest BCUT2D eigenvalue weighted by atomic mass is 10.1. The van der Waals surface area contributed by atoms with Gasteiger partial charge in [0.25, 0.3) is 0 Å². The van der Waals surface area contributed by atoms with Gasteiger partial charge in [0, 0.05) is 23.7 Å². The molecule has 0 N–H and O–H groups in total. The summed E-state index contributed by atoms with van der Waals surface area (Å²) in [6.45, 7) is 3.48. The van der Waals surface area contributed by atoms with E-state index in [4.69, 9.17) is 4.74 Å². The highest BCUT2D eigenvalue weighted by Crippen LogP contribution is 2.24. The minimum Gasteiger partial charge on any atom is -0.383 e. The number of nitrogens with zero attached hydrogens (tertiary/aromatic N) is 3. The molecule has 0 aliphatic carbocycles. The maximum absolute atomic E-state index is 5.07. The molecule has 0 bridgehead atoms. The summed E-state index contributed by atoms with van der Waals surface area (Å²) < 4.78 is 8.14. The van der Waals surface area contributed by atoms with Crippen molar-refractivity contribution in [1.29, 1.82) is 0 Å². The maximum atomic E-state index is 5.07. The van der Waals surface area contributed by atoms with E-state index in [2.05, 4.69) is 39.1 Å². The molecule has 1 heterocycles. The molecule has 4 nitrogen and oxygen atoms in total. The predicted octanol–water partition coefficient (Wildman–Crippen LogP) is 2.66. The van der Waals surface area contributed by atoms with Gasteiger partial charge in [0.15, 0.2) is 5.82 Å². The van der Waals surface area contributed by atoms with Gasteiger partial charge in [-0.05, 0) is 30.7 Å². The van der Waals surface area contributed by atoms with Crippen LogP contribution in [0.4, 0.5) is 0 Å². The number of benzene rings is 1. The lowest BCUT2D eigenvalue weighted by Crippen LogP contribution is -2.05. The van der Waals surface area contributed by atoms with Crippen LogP contribution in [0.5, 0.6) is 0 Å². The fraction of sp³-hybridized carbons (Fsp3) is 0.333. The van der Waals surface area contributed by atoms with Gasteiger partial charge in [-0.3, -0.25) is 0 Å². The number of hydrogen-bond acceptors (Lipinski definition) is 3. The van der Waals surface area contributed by atoms with Crippen LogP contribution in [0.1, 0.15) is 5.56 Å². The Morgan fingerprint density at radius 1 is 1.41 bits per heavy atom. The highest BCUT2D eigenvalue weighted by atomic mass is 79.9. The third kappa shape index (κ3) is 2.73. The van der Waals surface area contributed by atoms with Gasteiger partial charge in [-0.2, -0.15) is 0 Å². The Labute approximate surface area is 109 Å². The Bertz CT molecular complexity index is 510. The monoisotopic (exact) mass is 295 g/mol. The molecule has 17 heavy (non-hydrogen) atoms. The summed E-state index contributed by atoms with van der Waals surface area (Å²) in [5.41, 5.74) is 2.27. The van der Waals surface area contributed by atoms with Crippen LogP contribution in [0.2, 0.25) is 0 Å². The van der Waals surface area contributed by atoms with E-state index in [9.17, 15) is 0 Å². The minimum absolute atomic E-state index is 0.653. The first-order chi connectivity index (χ1) is 8.22. The predicted molar refractivity (Wildman–Crippen MR) is 69.8 cm³/mol. The highest BCUT2D eigenvalue weighted by molar-refractivity contribution is 9.10. The Hall–Kier alpha value is -1.20. The van der Waals surface area contributed by atoms with Crippen molar-refractivity contribution in [2.24, 2.45) is 0 Å². The van der Waals surface area contributed by atoms with Crippen LogP contribution in [0.3, 0.4) is 0 Å². The lowest BCUT2D eigenvalue weighted by molar-refractivity contribution is 0.187.